The molecular formula is C20H16N4O. The van der Waals surface area contributed by atoms with Crippen LogP contribution in [-0.4, -0.2) is 22.1 Å². The Morgan fingerprint density at radius 1 is 0.800 bits per heavy atom. The fourth-order valence-corrected chi connectivity index (χ4v) is 2.77. The number of ether oxygens (including phenoxy) is 1. The number of fused-ring (bicyclic) bond motifs is 1. The van der Waals surface area contributed by atoms with Crippen molar-refractivity contribution in [1.29, 1.82) is 0 Å². The molecule has 4 aromatic rings. The minimum Gasteiger partial charge on any atom is -0.497 e. The minimum absolute atomic E-state index is 0.238. The van der Waals surface area contributed by atoms with E-state index in [9.17, 15) is 0 Å². The molecule has 0 saturated heterocycles. The van der Waals surface area contributed by atoms with Crippen LogP contribution in [0.5, 0.6) is 5.75 Å². The molecule has 0 amide bonds. The summed E-state index contributed by atoms with van der Waals surface area (Å²) in [7, 11) is 1.65. The molecule has 0 atom stereocenters. The Morgan fingerprint density at radius 2 is 1.60 bits per heavy atom. The van der Waals surface area contributed by atoms with E-state index in [-0.39, 0.29) is 5.95 Å². The fourth-order valence-electron chi connectivity index (χ4n) is 2.77. The SMILES string of the molecule is COc1cccc(-c2ccc3nc(N)nc(-c4ccccc4)c3n2)c1. The van der Waals surface area contributed by atoms with Crippen molar-refractivity contribution < 1.29 is 4.74 Å². The Bertz CT molecular complexity index is 1050. The number of anilines is 1. The average molecular weight is 328 g/mol. The summed E-state index contributed by atoms with van der Waals surface area (Å²) in [6.07, 6.45) is 0. The van der Waals surface area contributed by atoms with Crippen LogP contribution in [0.2, 0.25) is 0 Å². The smallest absolute Gasteiger partial charge is 0.221 e. The Morgan fingerprint density at radius 3 is 2.40 bits per heavy atom. The van der Waals surface area contributed by atoms with Crippen LogP contribution in [0.3, 0.4) is 0 Å². The van der Waals surface area contributed by atoms with Gasteiger partial charge in [-0.3, -0.25) is 0 Å². The highest BCUT2D eigenvalue weighted by atomic mass is 16.5. The van der Waals surface area contributed by atoms with Gasteiger partial charge >= 0.3 is 0 Å². The van der Waals surface area contributed by atoms with Crippen molar-refractivity contribution in [3.8, 4) is 28.3 Å². The number of rotatable bonds is 3. The number of nitrogens with zero attached hydrogens (tertiary/aromatic N) is 3. The van der Waals surface area contributed by atoms with Gasteiger partial charge in [0.2, 0.25) is 5.95 Å². The summed E-state index contributed by atoms with van der Waals surface area (Å²) < 4.78 is 5.30. The maximum Gasteiger partial charge on any atom is 0.221 e. The number of benzene rings is 2. The van der Waals surface area contributed by atoms with Gasteiger partial charge in [-0.1, -0.05) is 42.5 Å². The van der Waals surface area contributed by atoms with Gasteiger partial charge in [-0.05, 0) is 24.3 Å². The van der Waals surface area contributed by atoms with Gasteiger partial charge in [0, 0.05) is 11.1 Å². The molecule has 0 saturated carbocycles. The molecule has 2 aromatic heterocycles. The monoisotopic (exact) mass is 328 g/mol. The van der Waals surface area contributed by atoms with Crippen LogP contribution in [0.15, 0.2) is 66.7 Å². The zero-order valence-electron chi connectivity index (χ0n) is 13.7. The third kappa shape index (κ3) is 2.87. The van der Waals surface area contributed by atoms with E-state index in [4.69, 9.17) is 15.5 Å². The van der Waals surface area contributed by atoms with Crippen LogP contribution in [0.4, 0.5) is 5.95 Å². The van der Waals surface area contributed by atoms with E-state index < -0.39 is 0 Å². The largest absolute Gasteiger partial charge is 0.497 e. The van der Waals surface area contributed by atoms with Gasteiger partial charge in [-0.2, -0.15) is 0 Å². The van der Waals surface area contributed by atoms with Gasteiger partial charge in [0.15, 0.2) is 0 Å². The molecule has 0 aliphatic rings. The quantitative estimate of drug-likeness (QED) is 0.616. The fraction of sp³-hybridized carbons (Fsp3) is 0.0500. The molecule has 0 aliphatic heterocycles. The molecule has 4 rings (SSSR count). The number of nitrogen functional groups attached to an aromatic ring is 1. The topological polar surface area (TPSA) is 73.9 Å². The summed E-state index contributed by atoms with van der Waals surface area (Å²) >= 11 is 0. The second-order valence-electron chi connectivity index (χ2n) is 5.59. The molecule has 0 spiro atoms. The second-order valence-corrected chi connectivity index (χ2v) is 5.59. The van der Waals surface area contributed by atoms with Crippen LogP contribution in [0, 0.1) is 0 Å². The van der Waals surface area contributed by atoms with Crippen molar-refractivity contribution >= 4 is 17.0 Å². The average Bonchev–Trinajstić information content (AvgIpc) is 2.67. The molecule has 2 aromatic carbocycles. The minimum atomic E-state index is 0.238. The molecule has 5 nitrogen and oxygen atoms in total. The number of hydrogen-bond acceptors (Lipinski definition) is 5. The molecule has 122 valence electrons. The summed E-state index contributed by atoms with van der Waals surface area (Å²) in [6, 6.07) is 21.5. The summed E-state index contributed by atoms with van der Waals surface area (Å²) in [6.45, 7) is 0. The number of nitrogens with two attached hydrogens (primary N) is 1. The molecule has 2 heterocycles. The van der Waals surface area contributed by atoms with E-state index >= 15 is 0 Å². The first-order valence-corrected chi connectivity index (χ1v) is 7.89. The van der Waals surface area contributed by atoms with E-state index in [2.05, 4.69) is 9.97 Å². The summed E-state index contributed by atoms with van der Waals surface area (Å²) in [5.41, 5.74) is 10.8. The molecule has 25 heavy (non-hydrogen) atoms. The van der Waals surface area contributed by atoms with Crippen LogP contribution in [0.25, 0.3) is 33.5 Å². The van der Waals surface area contributed by atoms with Crippen LogP contribution < -0.4 is 10.5 Å². The number of aromatic nitrogens is 3. The zero-order valence-corrected chi connectivity index (χ0v) is 13.7. The van der Waals surface area contributed by atoms with Gasteiger partial charge in [0.25, 0.3) is 0 Å². The highest BCUT2D eigenvalue weighted by Gasteiger charge is 2.12. The molecule has 5 heteroatoms. The third-order valence-electron chi connectivity index (χ3n) is 3.97. The van der Waals surface area contributed by atoms with Crippen LogP contribution in [-0.2, 0) is 0 Å². The lowest BCUT2D eigenvalue weighted by molar-refractivity contribution is 0.415. The summed E-state index contributed by atoms with van der Waals surface area (Å²) in [5, 5.41) is 0. The lowest BCUT2D eigenvalue weighted by Crippen LogP contribution is -2.00. The molecular weight excluding hydrogens is 312 g/mol. The van der Waals surface area contributed by atoms with Crippen molar-refractivity contribution in [2.24, 2.45) is 0 Å². The van der Waals surface area contributed by atoms with Gasteiger partial charge in [0.1, 0.15) is 17.0 Å². The van der Waals surface area contributed by atoms with Crippen molar-refractivity contribution in [2.75, 3.05) is 12.8 Å². The number of pyridine rings is 1. The highest BCUT2D eigenvalue weighted by molar-refractivity contribution is 5.91. The molecule has 0 unspecified atom stereocenters. The third-order valence-corrected chi connectivity index (χ3v) is 3.97. The standard InChI is InChI=1S/C20H16N4O/c1-25-15-9-5-8-14(12-15)16-10-11-17-19(22-16)18(24-20(21)23-17)13-6-3-2-4-7-13/h2-12H,1H3,(H2,21,23,24). The van der Waals surface area contributed by atoms with E-state index in [0.29, 0.717) is 0 Å². The Hall–Kier alpha value is -3.47. The highest BCUT2D eigenvalue weighted by Crippen LogP contribution is 2.29. The molecule has 0 radical (unpaired) electrons. The maximum atomic E-state index is 5.88. The molecule has 0 aliphatic carbocycles. The Kier molecular flexibility index (Phi) is 3.74. The van der Waals surface area contributed by atoms with Crippen molar-refractivity contribution in [3.05, 3.63) is 66.7 Å². The normalized spacial score (nSPS) is 10.8. The maximum absolute atomic E-state index is 5.88. The predicted molar refractivity (Wildman–Crippen MR) is 99.2 cm³/mol. The predicted octanol–water partition coefficient (Wildman–Crippen LogP) is 3.95. The van der Waals surface area contributed by atoms with E-state index in [1.54, 1.807) is 7.11 Å². The number of methoxy groups -OCH3 is 1. The van der Waals surface area contributed by atoms with Crippen molar-refractivity contribution in [3.63, 3.8) is 0 Å². The van der Waals surface area contributed by atoms with Crippen molar-refractivity contribution in [2.45, 2.75) is 0 Å². The van der Waals surface area contributed by atoms with Crippen molar-refractivity contribution in [1.82, 2.24) is 15.0 Å². The zero-order chi connectivity index (χ0) is 17.2. The first-order chi connectivity index (χ1) is 12.2. The van der Waals surface area contributed by atoms with Gasteiger partial charge in [0.05, 0.1) is 18.3 Å². The lowest BCUT2D eigenvalue weighted by Gasteiger charge is -2.09. The van der Waals surface area contributed by atoms with Crippen LogP contribution in [0.1, 0.15) is 0 Å². The molecule has 0 fully saturated rings. The Balaban J connectivity index is 1.94. The Labute approximate surface area is 145 Å². The summed E-state index contributed by atoms with van der Waals surface area (Å²) in [5.74, 6) is 1.03. The van der Waals surface area contributed by atoms with E-state index in [1.807, 2.05) is 66.7 Å². The van der Waals surface area contributed by atoms with Gasteiger partial charge in [-0.25, -0.2) is 15.0 Å². The summed E-state index contributed by atoms with van der Waals surface area (Å²) in [4.78, 5) is 13.5. The van der Waals surface area contributed by atoms with E-state index in [1.165, 1.54) is 0 Å². The number of hydrogen-bond donors (Lipinski definition) is 1. The molecule has 0 bridgehead atoms. The first-order valence-electron chi connectivity index (χ1n) is 7.89. The second kappa shape index (κ2) is 6.20. The van der Waals surface area contributed by atoms with E-state index in [0.717, 1.165) is 39.3 Å². The lowest BCUT2D eigenvalue weighted by atomic mass is 10.1. The molecule has 2 N–H and O–H groups in total. The van der Waals surface area contributed by atoms with Crippen LogP contribution >= 0.6 is 0 Å². The van der Waals surface area contributed by atoms with Gasteiger partial charge in [-0.15, -0.1) is 0 Å². The first kappa shape index (κ1) is 15.1. The van der Waals surface area contributed by atoms with Gasteiger partial charge < -0.3 is 10.5 Å².